The van der Waals surface area contributed by atoms with Gasteiger partial charge in [0.1, 0.15) is 0 Å². The van der Waals surface area contributed by atoms with Crippen molar-refractivity contribution in [2.24, 2.45) is 0 Å². The minimum atomic E-state index is -4.36. The molecule has 154 valence electrons. The molecule has 0 heterocycles. The molecule has 2 aromatic carbocycles. The molecule has 0 unspecified atom stereocenters. The second kappa shape index (κ2) is 11.5. The molecular formula is C24H19F3FeOS+2. The molecule has 2 fully saturated rings. The van der Waals surface area contributed by atoms with Crippen molar-refractivity contribution in [2.45, 2.75) is 18.0 Å². The Morgan fingerprint density at radius 1 is 0.733 bits per heavy atom. The molecule has 0 bridgehead atoms. The van der Waals surface area contributed by atoms with Crippen molar-refractivity contribution in [3.05, 3.63) is 128 Å². The van der Waals surface area contributed by atoms with E-state index in [0.717, 1.165) is 17.7 Å². The predicted molar refractivity (Wildman–Crippen MR) is 109 cm³/mol. The first-order valence-electron chi connectivity index (χ1n) is 8.95. The number of halogens is 3. The van der Waals surface area contributed by atoms with Crippen molar-refractivity contribution in [3.8, 4) is 0 Å². The van der Waals surface area contributed by atoms with E-state index in [2.05, 4.69) is 0 Å². The minimum absolute atomic E-state index is 0. The summed E-state index contributed by atoms with van der Waals surface area (Å²) in [5.41, 5.74) is 0.990. The predicted octanol–water partition coefficient (Wildman–Crippen LogP) is 5.92. The third-order valence-corrected chi connectivity index (χ3v) is 5.75. The fourth-order valence-corrected chi connectivity index (χ4v) is 3.98. The number of hydrogen-bond donors (Lipinski definition) is 0. The molecule has 10 radical (unpaired) electrons. The summed E-state index contributed by atoms with van der Waals surface area (Å²) < 4.78 is 50.8. The smallest absolute Gasteiger partial charge is 0.254 e. The Bertz CT molecular complexity index is 791. The topological polar surface area (TPSA) is 17.1 Å². The van der Waals surface area contributed by atoms with Crippen LogP contribution in [0.25, 0.3) is 0 Å². The zero-order chi connectivity index (χ0) is 20.9. The van der Waals surface area contributed by atoms with Crippen LogP contribution in [0.3, 0.4) is 0 Å². The number of aryl methyl sites for hydroxylation is 1. The van der Waals surface area contributed by atoms with Crippen LogP contribution in [0.2, 0.25) is 0 Å². The average Bonchev–Trinajstić information content (AvgIpc) is 3.42. The van der Waals surface area contributed by atoms with Crippen molar-refractivity contribution < 1.29 is 34.4 Å². The summed E-state index contributed by atoms with van der Waals surface area (Å²) in [5, 5.41) is 0.596. The van der Waals surface area contributed by atoms with E-state index in [-0.39, 0.29) is 17.1 Å². The third kappa shape index (κ3) is 6.70. The van der Waals surface area contributed by atoms with Gasteiger partial charge in [0.15, 0.2) is 0 Å². The summed E-state index contributed by atoms with van der Waals surface area (Å²) in [4.78, 5) is 0.667. The van der Waals surface area contributed by atoms with E-state index in [1.54, 1.807) is 31.4 Å². The fraction of sp³-hybridized carbons (Fsp3) is 0.0833. The Morgan fingerprint density at radius 2 is 1.27 bits per heavy atom. The van der Waals surface area contributed by atoms with Gasteiger partial charge in [-0.25, -0.2) is 0 Å². The molecule has 6 heteroatoms. The largest absolute Gasteiger partial charge is 2.00 e. The van der Waals surface area contributed by atoms with Gasteiger partial charge in [-0.3, -0.25) is 4.21 Å². The van der Waals surface area contributed by atoms with E-state index >= 15 is 0 Å². The SMILES string of the molecule is Cc1ccc([S@](=O)[C]2[CH][CH][CH][C]2c2ccc(C(F)(F)F)cc2)cc1.[CH]1[CH][CH][CH][CH]1.[Fe+2]. The summed E-state index contributed by atoms with van der Waals surface area (Å²) in [5.74, 6) is 0.683. The Balaban J connectivity index is 0.000000468. The van der Waals surface area contributed by atoms with Gasteiger partial charge in [-0.15, -0.1) is 0 Å². The molecule has 0 aliphatic heterocycles. The van der Waals surface area contributed by atoms with Crippen molar-refractivity contribution in [2.75, 3.05) is 0 Å². The third-order valence-electron chi connectivity index (χ3n) is 4.29. The maximum Gasteiger partial charge on any atom is 2.00 e. The Kier molecular flexibility index (Phi) is 9.64. The summed E-state index contributed by atoms with van der Waals surface area (Å²) >= 11 is 0. The molecule has 0 N–H and O–H groups in total. The first kappa shape index (κ1) is 25.2. The standard InChI is InChI=1S/C19H14F3OS.C5H5.Fe/c1-13-5-11-16(12-6-13)24(23)18-4-2-3-17(18)14-7-9-15(10-8-14)19(20,21)22;1-2-4-5-3-1;/h2-12H,1H3;1-5H;/q;;+2/t24-;;/m0../s1. The van der Waals surface area contributed by atoms with Crippen LogP contribution in [0.1, 0.15) is 16.7 Å². The van der Waals surface area contributed by atoms with E-state index in [1.807, 2.05) is 51.2 Å². The van der Waals surface area contributed by atoms with Crippen LogP contribution in [0.15, 0.2) is 53.4 Å². The van der Waals surface area contributed by atoms with E-state index in [1.165, 1.54) is 12.1 Å². The molecule has 0 amide bonds. The van der Waals surface area contributed by atoms with Gasteiger partial charge in [0, 0.05) is 10.8 Å². The molecular weight excluding hydrogens is 449 g/mol. The van der Waals surface area contributed by atoms with Crippen molar-refractivity contribution in [1.29, 1.82) is 0 Å². The summed E-state index contributed by atoms with van der Waals surface area (Å²) in [6.07, 6.45) is 10.9. The molecule has 1 nitrogen and oxygen atoms in total. The molecule has 2 saturated carbocycles. The van der Waals surface area contributed by atoms with Gasteiger partial charge in [0.25, 0.3) is 0 Å². The zero-order valence-corrected chi connectivity index (χ0v) is 18.0. The Labute approximate surface area is 190 Å². The molecule has 0 spiro atoms. The van der Waals surface area contributed by atoms with Gasteiger partial charge in [-0.05, 0) is 88.1 Å². The Hall–Kier alpha value is -1.10. The summed E-state index contributed by atoms with van der Waals surface area (Å²) in [7, 11) is -1.38. The molecule has 30 heavy (non-hydrogen) atoms. The first-order chi connectivity index (χ1) is 13.9. The van der Waals surface area contributed by atoms with Crippen LogP contribution >= 0.6 is 0 Å². The molecule has 2 aliphatic carbocycles. The molecule has 4 rings (SSSR count). The van der Waals surface area contributed by atoms with Gasteiger partial charge in [0.05, 0.1) is 21.6 Å². The summed E-state index contributed by atoms with van der Waals surface area (Å²) in [6.45, 7) is 1.95. The average molecular weight is 468 g/mol. The molecule has 2 aliphatic rings. The molecule has 1 atom stereocenters. The second-order valence-corrected chi connectivity index (χ2v) is 7.87. The van der Waals surface area contributed by atoms with Crippen LogP contribution in [-0.2, 0) is 34.0 Å². The summed E-state index contributed by atoms with van der Waals surface area (Å²) in [6, 6.07) is 12.3. The van der Waals surface area contributed by atoms with Crippen LogP contribution in [-0.4, -0.2) is 4.21 Å². The van der Waals surface area contributed by atoms with Crippen LogP contribution in [0.5, 0.6) is 0 Å². The van der Waals surface area contributed by atoms with Crippen molar-refractivity contribution in [3.63, 3.8) is 0 Å². The van der Waals surface area contributed by atoms with Gasteiger partial charge in [-0.2, -0.15) is 13.2 Å². The van der Waals surface area contributed by atoms with Crippen LogP contribution in [0, 0.1) is 69.5 Å². The molecule has 0 saturated heterocycles. The maximum absolute atomic E-state index is 12.8. The molecule has 0 aromatic heterocycles. The number of alkyl halides is 3. The van der Waals surface area contributed by atoms with E-state index in [4.69, 9.17) is 0 Å². The van der Waals surface area contributed by atoms with E-state index in [0.29, 0.717) is 21.6 Å². The monoisotopic (exact) mass is 468 g/mol. The minimum Gasteiger partial charge on any atom is -0.254 e. The first-order valence-corrected chi connectivity index (χ1v) is 10.1. The van der Waals surface area contributed by atoms with Gasteiger partial charge in [-0.1, -0.05) is 29.8 Å². The number of hydrogen-bond acceptors (Lipinski definition) is 1. The second-order valence-electron chi connectivity index (χ2n) is 6.42. The molecule has 2 aromatic rings. The number of benzene rings is 2. The Morgan fingerprint density at radius 3 is 1.77 bits per heavy atom. The van der Waals surface area contributed by atoms with Crippen molar-refractivity contribution in [1.82, 2.24) is 0 Å². The van der Waals surface area contributed by atoms with E-state index in [9.17, 15) is 17.4 Å². The fourth-order valence-electron chi connectivity index (χ4n) is 2.75. The number of rotatable bonds is 3. The normalized spacial score (nSPS) is 18.4. The van der Waals surface area contributed by atoms with Gasteiger partial charge >= 0.3 is 23.2 Å². The van der Waals surface area contributed by atoms with E-state index < -0.39 is 22.5 Å². The van der Waals surface area contributed by atoms with Crippen LogP contribution in [0.4, 0.5) is 13.2 Å². The van der Waals surface area contributed by atoms with Gasteiger partial charge < -0.3 is 0 Å². The zero-order valence-electron chi connectivity index (χ0n) is 16.0. The maximum atomic E-state index is 12.8. The quantitative estimate of drug-likeness (QED) is 0.511. The van der Waals surface area contributed by atoms with Crippen molar-refractivity contribution >= 4 is 10.8 Å². The van der Waals surface area contributed by atoms with Gasteiger partial charge in [0.2, 0.25) is 0 Å². The van der Waals surface area contributed by atoms with Crippen LogP contribution < -0.4 is 0 Å².